The smallest absolute Gasteiger partial charge is 0.0572 e. The summed E-state index contributed by atoms with van der Waals surface area (Å²) in [5, 5.41) is 0. The van der Waals surface area contributed by atoms with Crippen LogP contribution in [0.5, 0.6) is 0 Å². The molecule has 3 nitrogen and oxygen atoms in total. The molecule has 1 saturated carbocycles. The normalized spacial score (nSPS) is 34.6. The maximum absolute atomic E-state index is 6.17. The minimum Gasteiger partial charge on any atom is -0.381 e. The lowest BCUT2D eigenvalue weighted by atomic mass is 9.77. The average molecular weight is 268 g/mol. The largest absolute Gasteiger partial charge is 0.381 e. The van der Waals surface area contributed by atoms with E-state index in [4.69, 9.17) is 10.5 Å². The highest BCUT2D eigenvalue weighted by Gasteiger charge is 2.40. The fraction of sp³-hybridized carbons (Fsp3) is 1.00. The van der Waals surface area contributed by atoms with Gasteiger partial charge in [-0.15, -0.1) is 0 Å². The third-order valence-corrected chi connectivity index (χ3v) is 5.56. The quantitative estimate of drug-likeness (QED) is 0.833. The van der Waals surface area contributed by atoms with E-state index < -0.39 is 0 Å². The first kappa shape index (κ1) is 15.3. The molecule has 2 fully saturated rings. The van der Waals surface area contributed by atoms with Crippen LogP contribution in [0.3, 0.4) is 0 Å². The second kappa shape index (κ2) is 7.05. The summed E-state index contributed by atoms with van der Waals surface area (Å²) in [6.45, 7) is 5.65. The van der Waals surface area contributed by atoms with Crippen LogP contribution in [0.2, 0.25) is 0 Å². The minimum absolute atomic E-state index is 0.284. The topological polar surface area (TPSA) is 38.5 Å². The van der Waals surface area contributed by atoms with E-state index in [2.05, 4.69) is 11.8 Å². The Labute approximate surface area is 118 Å². The third kappa shape index (κ3) is 3.50. The molecule has 2 aliphatic rings. The predicted octanol–water partition coefficient (Wildman–Crippen LogP) is 2.79. The lowest BCUT2D eigenvalue weighted by molar-refractivity contribution is -0.0208. The van der Waals surface area contributed by atoms with Gasteiger partial charge in [0.25, 0.3) is 0 Å². The van der Waals surface area contributed by atoms with E-state index in [0.29, 0.717) is 6.10 Å². The number of hydrogen-bond acceptors (Lipinski definition) is 3. The number of hydrogen-bond donors (Lipinski definition) is 1. The van der Waals surface area contributed by atoms with Gasteiger partial charge in [0.05, 0.1) is 6.10 Å². The zero-order valence-corrected chi connectivity index (χ0v) is 12.9. The van der Waals surface area contributed by atoms with Crippen molar-refractivity contribution in [2.45, 2.75) is 69.9 Å². The summed E-state index contributed by atoms with van der Waals surface area (Å²) in [5.41, 5.74) is 6.45. The van der Waals surface area contributed by atoms with Crippen LogP contribution in [0, 0.1) is 5.92 Å². The first-order valence-corrected chi connectivity index (χ1v) is 8.22. The van der Waals surface area contributed by atoms with E-state index >= 15 is 0 Å². The molecule has 19 heavy (non-hydrogen) atoms. The molecule has 0 bridgehead atoms. The maximum atomic E-state index is 6.17. The lowest BCUT2D eigenvalue weighted by Gasteiger charge is -2.50. The summed E-state index contributed by atoms with van der Waals surface area (Å²) < 4.78 is 5.51. The van der Waals surface area contributed by atoms with E-state index in [1.165, 1.54) is 64.5 Å². The summed E-state index contributed by atoms with van der Waals surface area (Å²) in [4.78, 5) is 2.71. The molecule has 0 atom stereocenters. The Bertz CT molecular complexity index is 253. The van der Waals surface area contributed by atoms with Crippen LogP contribution >= 0.6 is 0 Å². The Morgan fingerprint density at radius 1 is 1.16 bits per heavy atom. The summed E-state index contributed by atoms with van der Waals surface area (Å²) in [6.07, 6.45) is 10.8. The van der Waals surface area contributed by atoms with Crippen molar-refractivity contribution in [1.29, 1.82) is 0 Å². The zero-order chi connectivity index (χ0) is 13.7. The first-order valence-electron chi connectivity index (χ1n) is 8.22. The van der Waals surface area contributed by atoms with Crippen molar-refractivity contribution < 1.29 is 4.74 Å². The van der Waals surface area contributed by atoms with E-state index in [-0.39, 0.29) is 5.54 Å². The van der Waals surface area contributed by atoms with E-state index in [1.807, 2.05) is 7.11 Å². The van der Waals surface area contributed by atoms with Gasteiger partial charge in [-0.1, -0.05) is 19.8 Å². The van der Waals surface area contributed by atoms with Gasteiger partial charge in [0.1, 0.15) is 0 Å². The standard InChI is InChI=1S/C16H32N2O/c1-3-4-14-7-11-18(12-8-14)16(13-17)9-5-15(19-2)6-10-16/h14-15H,3-13,17H2,1-2H3. The molecule has 0 aromatic rings. The van der Waals surface area contributed by atoms with Crippen molar-refractivity contribution in [3.05, 3.63) is 0 Å². The molecule has 2 N–H and O–H groups in total. The Morgan fingerprint density at radius 2 is 1.79 bits per heavy atom. The zero-order valence-electron chi connectivity index (χ0n) is 12.9. The van der Waals surface area contributed by atoms with Crippen molar-refractivity contribution in [2.75, 3.05) is 26.7 Å². The molecule has 0 amide bonds. The number of nitrogens with zero attached hydrogens (tertiary/aromatic N) is 1. The Kier molecular flexibility index (Phi) is 5.67. The molecule has 0 aromatic carbocycles. The monoisotopic (exact) mass is 268 g/mol. The van der Waals surface area contributed by atoms with Gasteiger partial charge >= 0.3 is 0 Å². The fourth-order valence-electron chi connectivity index (χ4n) is 4.12. The summed E-state index contributed by atoms with van der Waals surface area (Å²) >= 11 is 0. The number of ether oxygens (including phenoxy) is 1. The summed E-state index contributed by atoms with van der Waals surface area (Å²) in [5.74, 6) is 0.964. The molecule has 1 heterocycles. The van der Waals surface area contributed by atoms with E-state index in [1.54, 1.807) is 0 Å². The Balaban J connectivity index is 1.88. The van der Waals surface area contributed by atoms with Crippen LogP contribution in [0.25, 0.3) is 0 Å². The first-order chi connectivity index (χ1) is 9.24. The van der Waals surface area contributed by atoms with Gasteiger partial charge in [-0.3, -0.25) is 4.90 Å². The van der Waals surface area contributed by atoms with Gasteiger partial charge < -0.3 is 10.5 Å². The molecule has 1 aliphatic heterocycles. The third-order valence-electron chi connectivity index (χ3n) is 5.56. The molecular formula is C16H32N2O. The van der Waals surface area contributed by atoms with Crippen molar-refractivity contribution in [3.8, 4) is 0 Å². The second-order valence-corrected chi connectivity index (χ2v) is 6.58. The predicted molar refractivity (Wildman–Crippen MR) is 80.3 cm³/mol. The number of methoxy groups -OCH3 is 1. The molecule has 0 unspecified atom stereocenters. The van der Waals surface area contributed by atoms with Gasteiger partial charge in [-0.05, 0) is 57.5 Å². The highest BCUT2D eigenvalue weighted by molar-refractivity contribution is 4.97. The van der Waals surface area contributed by atoms with Crippen molar-refractivity contribution in [2.24, 2.45) is 11.7 Å². The molecule has 112 valence electrons. The summed E-state index contributed by atoms with van der Waals surface area (Å²) in [6, 6.07) is 0. The molecule has 0 aromatic heterocycles. The molecule has 0 radical (unpaired) electrons. The maximum Gasteiger partial charge on any atom is 0.0572 e. The number of piperidine rings is 1. The molecule has 2 rings (SSSR count). The molecule has 1 aliphatic carbocycles. The molecule has 0 spiro atoms. The van der Waals surface area contributed by atoms with E-state index in [0.717, 1.165) is 12.5 Å². The van der Waals surface area contributed by atoms with Gasteiger partial charge in [0.15, 0.2) is 0 Å². The van der Waals surface area contributed by atoms with Gasteiger partial charge in [0, 0.05) is 19.2 Å². The van der Waals surface area contributed by atoms with Crippen LogP contribution < -0.4 is 5.73 Å². The van der Waals surface area contributed by atoms with Crippen LogP contribution in [0.15, 0.2) is 0 Å². The Morgan fingerprint density at radius 3 is 2.26 bits per heavy atom. The molecule has 3 heteroatoms. The highest BCUT2D eigenvalue weighted by atomic mass is 16.5. The number of nitrogens with two attached hydrogens (primary N) is 1. The highest BCUT2D eigenvalue weighted by Crippen LogP contribution is 2.37. The molecular weight excluding hydrogens is 236 g/mol. The van der Waals surface area contributed by atoms with Crippen LogP contribution in [0.4, 0.5) is 0 Å². The average Bonchev–Trinajstić information content (AvgIpc) is 2.48. The van der Waals surface area contributed by atoms with Crippen LogP contribution in [0.1, 0.15) is 58.3 Å². The van der Waals surface area contributed by atoms with Crippen LogP contribution in [-0.4, -0.2) is 43.3 Å². The lowest BCUT2D eigenvalue weighted by Crippen LogP contribution is -2.58. The summed E-state index contributed by atoms with van der Waals surface area (Å²) in [7, 11) is 1.84. The molecule has 1 saturated heterocycles. The van der Waals surface area contributed by atoms with Crippen LogP contribution in [-0.2, 0) is 4.74 Å². The van der Waals surface area contributed by atoms with E-state index in [9.17, 15) is 0 Å². The van der Waals surface area contributed by atoms with Gasteiger partial charge in [-0.25, -0.2) is 0 Å². The van der Waals surface area contributed by atoms with Crippen molar-refractivity contribution in [1.82, 2.24) is 4.90 Å². The van der Waals surface area contributed by atoms with Crippen molar-refractivity contribution in [3.63, 3.8) is 0 Å². The number of rotatable bonds is 5. The van der Waals surface area contributed by atoms with Gasteiger partial charge in [-0.2, -0.15) is 0 Å². The fourth-order valence-corrected chi connectivity index (χ4v) is 4.12. The van der Waals surface area contributed by atoms with Crippen molar-refractivity contribution >= 4 is 0 Å². The SMILES string of the molecule is CCCC1CCN(C2(CN)CCC(OC)CC2)CC1. The minimum atomic E-state index is 0.284. The second-order valence-electron chi connectivity index (χ2n) is 6.58. The number of likely N-dealkylation sites (tertiary alicyclic amines) is 1. The van der Waals surface area contributed by atoms with Gasteiger partial charge in [0.2, 0.25) is 0 Å². The Hall–Kier alpha value is -0.120.